The first-order valence-corrected chi connectivity index (χ1v) is 8.78. The molecule has 0 atom stereocenters. The summed E-state index contributed by atoms with van der Waals surface area (Å²) in [6.07, 6.45) is 1.81. The Hall–Kier alpha value is -1.92. The molecule has 1 aromatic carbocycles. The SMILES string of the molecule is O=C(COc1ccc(Br)cc1)N1CCN(Cc2ccccn2)CC1. The van der Waals surface area contributed by atoms with Crippen LogP contribution in [-0.2, 0) is 11.3 Å². The molecule has 6 heteroatoms. The van der Waals surface area contributed by atoms with Crippen LogP contribution in [0.1, 0.15) is 5.69 Å². The van der Waals surface area contributed by atoms with Gasteiger partial charge in [0.2, 0.25) is 0 Å². The summed E-state index contributed by atoms with van der Waals surface area (Å²) in [7, 11) is 0. The van der Waals surface area contributed by atoms with Crippen LogP contribution in [0.15, 0.2) is 53.1 Å². The zero-order chi connectivity index (χ0) is 16.8. The molecule has 0 bridgehead atoms. The van der Waals surface area contributed by atoms with Crippen molar-refractivity contribution >= 4 is 21.8 Å². The van der Waals surface area contributed by atoms with Crippen molar-refractivity contribution in [3.63, 3.8) is 0 Å². The fourth-order valence-electron chi connectivity index (χ4n) is 2.64. The van der Waals surface area contributed by atoms with Gasteiger partial charge >= 0.3 is 0 Å². The van der Waals surface area contributed by atoms with Crippen LogP contribution in [0.4, 0.5) is 0 Å². The summed E-state index contributed by atoms with van der Waals surface area (Å²) in [6, 6.07) is 13.5. The third-order valence-electron chi connectivity index (χ3n) is 4.01. The number of halogens is 1. The highest BCUT2D eigenvalue weighted by Gasteiger charge is 2.21. The number of pyridine rings is 1. The first-order chi connectivity index (χ1) is 11.7. The lowest BCUT2D eigenvalue weighted by molar-refractivity contribution is -0.135. The van der Waals surface area contributed by atoms with E-state index in [-0.39, 0.29) is 12.5 Å². The Labute approximate surface area is 150 Å². The van der Waals surface area contributed by atoms with E-state index in [1.54, 1.807) is 0 Å². The topological polar surface area (TPSA) is 45.7 Å². The summed E-state index contributed by atoms with van der Waals surface area (Å²) in [6.45, 7) is 4.10. The Morgan fingerprint density at radius 3 is 2.50 bits per heavy atom. The van der Waals surface area contributed by atoms with E-state index >= 15 is 0 Å². The van der Waals surface area contributed by atoms with E-state index in [0.29, 0.717) is 5.75 Å². The molecule has 0 spiro atoms. The number of rotatable bonds is 5. The summed E-state index contributed by atoms with van der Waals surface area (Å²) >= 11 is 3.38. The van der Waals surface area contributed by atoms with Crippen LogP contribution < -0.4 is 4.74 Å². The summed E-state index contributed by atoms with van der Waals surface area (Å²) in [5.41, 5.74) is 1.07. The minimum atomic E-state index is 0.0374. The van der Waals surface area contributed by atoms with E-state index in [0.717, 1.165) is 42.9 Å². The fraction of sp³-hybridized carbons (Fsp3) is 0.333. The van der Waals surface area contributed by atoms with Gasteiger partial charge in [-0.3, -0.25) is 14.7 Å². The predicted molar refractivity (Wildman–Crippen MR) is 95.7 cm³/mol. The molecule has 2 heterocycles. The standard InChI is InChI=1S/C18H20BrN3O2/c19-15-4-6-17(7-5-15)24-14-18(23)22-11-9-21(10-12-22)13-16-3-1-2-8-20-16/h1-8H,9-14H2. The van der Waals surface area contributed by atoms with Crippen molar-refractivity contribution < 1.29 is 9.53 Å². The summed E-state index contributed by atoms with van der Waals surface area (Å²) < 4.78 is 6.55. The third kappa shape index (κ3) is 4.79. The average molecular weight is 390 g/mol. The van der Waals surface area contributed by atoms with Crippen LogP contribution in [0.5, 0.6) is 5.75 Å². The number of amides is 1. The summed E-state index contributed by atoms with van der Waals surface area (Å²) in [4.78, 5) is 20.8. The lowest BCUT2D eigenvalue weighted by Crippen LogP contribution is -2.49. The highest BCUT2D eigenvalue weighted by molar-refractivity contribution is 9.10. The Bertz CT molecular complexity index is 656. The van der Waals surface area contributed by atoms with Crippen LogP contribution in [0, 0.1) is 0 Å². The molecule has 1 aromatic heterocycles. The van der Waals surface area contributed by atoms with Gasteiger partial charge < -0.3 is 9.64 Å². The minimum absolute atomic E-state index is 0.0374. The molecule has 0 aliphatic carbocycles. The van der Waals surface area contributed by atoms with Gasteiger partial charge in [0, 0.05) is 43.4 Å². The molecule has 24 heavy (non-hydrogen) atoms. The summed E-state index contributed by atoms with van der Waals surface area (Å²) in [5.74, 6) is 0.746. The predicted octanol–water partition coefficient (Wildman–Crippen LogP) is 2.57. The lowest BCUT2D eigenvalue weighted by atomic mass is 10.2. The maximum atomic E-state index is 12.3. The van der Waals surface area contributed by atoms with E-state index in [1.165, 1.54) is 0 Å². The number of hydrogen-bond donors (Lipinski definition) is 0. The second-order valence-electron chi connectivity index (χ2n) is 5.72. The number of carbonyl (C=O) groups excluding carboxylic acids is 1. The van der Waals surface area contributed by atoms with Crippen molar-refractivity contribution in [1.82, 2.24) is 14.8 Å². The molecule has 2 aromatic rings. The molecular formula is C18H20BrN3O2. The maximum Gasteiger partial charge on any atom is 0.260 e. The van der Waals surface area contributed by atoms with Gasteiger partial charge in [-0.25, -0.2) is 0 Å². The highest BCUT2D eigenvalue weighted by Crippen LogP contribution is 2.16. The normalized spacial score (nSPS) is 15.3. The molecule has 5 nitrogen and oxygen atoms in total. The van der Waals surface area contributed by atoms with Crippen molar-refractivity contribution in [1.29, 1.82) is 0 Å². The Kier molecular flexibility index (Phi) is 5.82. The lowest BCUT2D eigenvalue weighted by Gasteiger charge is -2.34. The number of piperazine rings is 1. The van der Waals surface area contributed by atoms with Gasteiger partial charge in [0.15, 0.2) is 6.61 Å². The first kappa shape index (κ1) is 16.9. The van der Waals surface area contributed by atoms with Gasteiger partial charge in [0.05, 0.1) is 5.69 Å². The molecule has 0 N–H and O–H groups in total. The van der Waals surface area contributed by atoms with E-state index < -0.39 is 0 Å². The van der Waals surface area contributed by atoms with Gasteiger partial charge in [-0.05, 0) is 36.4 Å². The molecule has 1 aliphatic rings. The molecule has 1 amide bonds. The van der Waals surface area contributed by atoms with Crippen molar-refractivity contribution in [3.05, 3.63) is 58.8 Å². The fourth-order valence-corrected chi connectivity index (χ4v) is 2.91. The molecule has 0 saturated carbocycles. The maximum absolute atomic E-state index is 12.3. The zero-order valence-corrected chi connectivity index (χ0v) is 15.0. The molecule has 0 radical (unpaired) electrons. The van der Waals surface area contributed by atoms with E-state index in [4.69, 9.17) is 4.74 Å². The number of nitrogens with zero attached hydrogens (tertiary/aromatic N) is 3. The Morgan fingerprint density at radius 1 is 1.08 bits per heavy atom. The number of hydrogen-bond acceptors (Lipinski definition) is 4. The highest BCUT2D eigenvalue weighted by atomic mass is 79.9. The van der Waals surface area contributed by atoms with Crippen LogP contribution in [-0.4, -0.2) is 53.5 Å². The van der Waals surface area contributed by atoms with E-state index in [2.05, 4.69) is 25.8 Å². The van der Waals surface area contributed by atoms with Crippen LogP contribution in [0.2, 0.25) is 0 Å². The van der Waals surface area contributed by atoms with Crippen molar-refractivity contribution in [2.45, 2.75) is 6.54 Å². The van der Waals surface area contributed by atoms with Crippen LogP contribution in [0.25, 0.3) is 0 Å². The molecule has 0 unspecified atom stereocenters. The first-order valence-electron chi connectivity index (χ1n) is 7.99. The van der Waals surface area contributed by atoms with Crippen molar-refractivity contribution in [2.24, 2.45) is 0 Å². The molecule has 1 aliphatic heterocycles. The number of ether oxygens (including phenoxy) is 1. The minimum Gasteiger partial charge on any atom is -0.484 e. The van der Waals surface area contributed by atoms with Gasteiger partial charge in [0.25, 0.3) is 5.91 Å². The summed E-state index contributed by atoms with van der Waals surface area (Å²) in [5, 5.41) is 0. The van der Waals surface area contributed by atoms with E-state index in [9.17, 15) is 4.79 Å². The number of benzene rings is 1. The average Bonchev–Trinajstić information content (AvgIpc) is 2.62. The quantitative estimate of drug-likeness (QED) is 0.788. The number of carbonyl (C=O) groups is 1. The Balaban J connectivity index is 1.42. The second-order valence-corrected chi connectivity index (χ2v) is 6.64. The molecule has 1 saturated heterocycles. The monoisotopic (exact) mass is 389 g/mol. The third-order valence-corrected chi connectivity index (χ3v) is 4.54. The van der Waals surface area contributed by atoms with Gasteiger partial charge in [-0.15, -0.1) is 0 Å². The van der Waals surface area contributed by atoms with Gasteiger partial charge in [-0.1, -0.05) is 22.0 Å². The smallest absolute Gasteiger partial charge is 0.260 e. The van der Waals surface area contributed by atoms with Gasteiger partial charge in [0.1, 0.15) is 5.75 Å². The Morgan fingerprint density at radius 2 is 1.83 bits per heavy atom. The molecule has 126 valence electrons. The zero-order valence-electron chi connectivity index (χ0n) is 13.4. The second kappa shape index (κ2) is 8.26. The van der Waals surface area contributed by atoms with Crippen LogP contribution >= 0.6 is 15.9 Å². The molecule has 1 fully saturated rings. The number of aromatic nitrogens is 1. The van der Waals surface area contributed by atoms with Gasteiger partial charge in [-0.2, -0.15) is 0 Å². The van der Waals surface area contributed by atoms with Crippen LogP contribution in [0.3, 0.4) is 0 Å². The molecular weight excluding hydrogens is 370 g/mol. The largest absolute Gasteiger partial charge is 0.484 e. The molecule has 3 rings (SSSR count). The van der Waals surface area contributed by atoms with E-state index in [1.807, 2.05) is 53.6 Å². The van der Waals surface area contributed by atoms with Crippen molar-refractivity contribution in [2.75, 3.05) is 32.8 Å². The van der Waals surface area contributed by atoms with Crippen molar-refractivity contribution in [3.8, 4) is 5.75 Å².